The molecule has 1 aromatic heterocycles. The normalized spacial score (nSPS) is 16.8. The number of halogens is 4. The van der Waals surface area contributed by atoms with E-state index < -0.39 is 21.6 Å². The van der Waals surface area contributed by atoms with Crippen LogP contribution in [0.15, 0.2) is 41.3 Å². The Morgan fingerprint density at radius 3 is 2.34 bits per heavy atom. The number of fused-ring (bicyclic) bond motifs is 1. The molecule has 0 aliphatic carbocycles. The van der Waals surface area contributed by atoms with Crippen molar-refractivity contribution in [3.8, 4) is 5.75 Å². The number of aromatic nitrogens is 1. The van der Waals surface area contributed by atoms with Crippen molar-refractivity contribution in [2.75, 3.05) is 67.1 Å². The maximum absolute atomic E-state index is 14.2. The van der Waals surface area contributed by atoms with Gasteiger partial charge in [0.1, 0.15) is 28.3 Å². The second-order valence-electron chi connectivity index (χ2n) is 14.5. The van der Waals surface area contributed by atoms with E-state index in [-0.39, 0.29) is 103 Å². The Hall–Kier alpha value is -2.46. The molecule has 12 nitrogen and oxygen atoms in total. The van der Waals surface area contributed by atoms with Crippen LogP contribution in [0.25, 0.3) is 10.9 Å². The van der Waals surface area contributed by atoms with Crippen molar-refractivity contribution >= 4 is 68.3 Å². The number of quaternary nitrogens is 1. The van der Waals surface area contributed by atoms with Crippen molar-refractivity contribution < 1.29 is 44.4 Å². The van der Waals surface area contributed by atoms with Crippen LogP contribution in [-0.4, -0.2) is 118 Å². The average Bonchev–Trinajstić information content (AvgIpc) is 3.07. The molecule has 0 spiro atoms. The lowest BCUT2D eigenvalue weighted by Gasteiger charge is -2.43. The van der Waals surface area contributed by atoms with Crippen molar-refractivity contribution in [3.63, 3.8) is 0 Å². The molecular formula is C36H50Cl4N6O6S. The van der Waals surface area contributed by atoms with E-state index in [1.807, 2.05) is 32.0 Å². The van der Waals surface area contributed by atoms with Crippen molar-refractivity contribution in [3.05, 3.63) is 63.3 Å². The third kappa shape index (κ3) is 10.6. The minimum absolute atomic E-state index is 0. The number of hydrogen-bond acceptors (Lipinski definition) is 8. The van der Waals surface area contributed by atoms with Crippen LogP contribution in [0.2, 0.25) is 10.0 Å². The quantitative estimate of drug-likeness (QED) is 0.262. The highest BCUT2D eigenvalue weighted by atomic mass is 35.5. The summed E-state index contributed by atoms with van der Waals surface area (Å²) in [6.45, 7) is 6.21. The zero-order valence-corrected chi connectivity index (χ0v) is 34.7. The molecule has 2 aliphatic rings. The van der Waals surface area contributed by atoms with Gasteiger partial charge in [0, 0.05) is 61.1 Å². The smallest absolute Gasteiger partial charge is 0.244 e. The minimum Gasteiger partial charge on any atom is -1.00 e. The van der Waals surface area contributed by atoms with Gasteiger partial charge in [-0.1, -0.05) is 35.3 Å². The molecule has 0 bridgehead atoms. The van der Waals surface area contributed by atoms with E-state index in [1.165, 1.54) is 12.1 Å². The zero-order chi connectivity index (χ0) is 37.1. The fraction of sp³-hybridized carbons (Fsp3) is 0.528. The number of rotatable bonds is 12. The number of carbonyl (C=O) groups excluding carboxylic acids is 2. The molecule has 17 heteroatoms. The van der Waals surface area contributed by atoms with Crippen molar-refractivity contribution in [1.82, 2.24) is 19.5 Å². The second kappa shape index (κ2) is 18.4. The number of nitrogens with one attached hydrogen (secondary N) is 1. The van der Waals surface area contributed by atoms with Crippen molar-refractivity contribution in [1.29, 1.82) is 0 Å². The van der Waals surface area contributed by atoms with Crippen LogP contribution in [0.4, 0.5) is 0 Å². The summed E-state index contributed by atoms with van der Waals surface area (Å²) in [6.07, 6.45) is 1.68. The lowest BCUT2D eigenvalue weighted by molar-refractivity contribution is -0.870. The summed E-state index contributed by atoms with van der Waals surface area (Å²) in [5.74, 6) is 0.00807. The summed E-state index contributed by atoms with van der Waals surface area (Å²) in [5.41, 5.74) is 7.63. The topological polar surface area (TPSA) is 144 Å². The zero-order valence-electron chi connectivity index (χ0n) is 30.8. The Kier molecular flexibility index (Phi) is 15.6. The first-order valence-electron chi connectivity index (χ1n) is 17.2. The van der Waals surface area contributed by atoms with E-state index in [0.29, 0.717) is 30.8 Å². The molecule has 3 N–H and O–H groups in total. The van der Waals surface area contributed by atoms with Crippen LogP contribution in [0, 0.1) is 13.8 Å². The number of nitrogens with two attached hydrogens (primary N) is 1. The molecular weight excluding hydrogens is 786 g/mol. The molecule has 0 radical (unpaired) electrons. The van der Waals surface area contributed by atoms with Gasteiger partial charge >= 0.3 is 0 Å². The Bertz CT molecular complexity index is 1880. The summed E-state index contributed by atoms with van der Waals surface area (Å²) < 4.78 is 43.4. The number of aryl methyl sites for hydroxylation is 2. The van der Waals surface area contributed by atoms with Gasteiger partial charge in [-0.15, -0.1) is 12.4 Å². The Morgan fingerprint density at radius 1 is 1.06 bits per heavy atom. The van der Waals surface area contributed by atoms with E-state index in [0.717, 1.165) is 34.1 Å². The van der Waals surface area contributed by atoms with E-state index in [9.17, 15) is 18.0 Å². The van der Waals surface area contributed by atoms with Crippen LogP contribution >= 0.6 is 35.6 Å². The Balaban J connectivity index is 0.00000378. The third-order valence-corrected chi connectivity index (χ3v) is 12.1. The molecule has 2 fully saturated rings. The first-order valence-corrected chi connectivity index (χ1v) is 19.5. The van der Waals surface area contributed by atoms with E-state index in [4.69, 9.17) is 38.4 Å². The molecule has 2 saturated heterocycles. The average molecular weight is 837 g/mol. The second-order valence-corrected chi connectivity index (χ2v) is 17.0. The molecule has 0 saturated carbocycles. The van der Waals surface area contributed by atoms with Crippen LogP contribution in [0.1, 0.15) is 42.5 Å². The number of carbonyl (C=O) groups is 2. The standard InChI is InChI=1S/C36H49Cl2N6O6S.2ClH/c1-24-22-25(2)40-33-26(24)8-6-10-30(33)50-23-27-28(37)11-12-31(32(27)38)51(47,48)41-36(13-20-49-21-14-36)35(46)43-17-15-42(16-18-43)34(45)29(39)9-7-19-44(3,4)5;;/h6,8,10-12,22,29,41H,7,9,13-21,23,39H2,1-5H3;2*1H/q+1;;/p-1/t29-;;/m1../s1. The van der Waals surface area contributed by atoms with Gasteiger partial charge in [0.25, 0.3) is 0 Å². The number of benzene rings is 2. The van der Waals surface area contributed by atoms with Crippen molar-refractivity contribution in [2.24, 2.45) is 5.73 Å². The Labute approximate surface area is 335 Å². The highest BCUT2D eigenvalue weighted by Crippen LogP contribution is 2.35. The maximum atomic E-state index is 14.2. The molecule has 0 unspecified atom stereocenters. The minimum atomic E-state index is -4.35. The molecule has 2 aliphatic heterocycles. The van der Waals surface area contributed by atoms with Gasteiger partial charge in [-0.2, -0.15) is 4.72 Å². The molecule has 2 aromatic carbocycles. The fourth-order valence-electron chi connectivity index (χ4n) is 6.71. The molecule has 5 rings (SSSR count). The molecule has 2 amide bonds. The van der Waals surface area contributed by atoms with E-state index >= 15 is 0 Å². The number of piperazine rings is 1. The largest absolute Gasteiger partial charge is 1.00 e. The molecule has 1 atom stereocenters. The Morgan fingerprint density at radius 2 is 1.70 bits per heavy atom. The summed E-state index contributed by atoms with van der Waals surface area (Å²) in [7, 11) is 1.94. The predicted molar refractivity (Wildman–Crippen MR) is 206 cm³/mol. The SMILES string of the molecule is Cc1cc(C)c2cccc(OCc3c(Cl)ccc(S(=O)(=O)NC4(C(=O)N5CCN(C(=O)[C@H](N)CCC[N+](C)(C)C)CC5)CCOCC4)c3Cl)c2n1.Cl.[Cl-]. The number of para-hydroxylation sites is 1. The van der Waals surface area contributed by atoms with Crippen LogP contribution in [0.3, 0.4) is 0 Å². The summed E-state index contributed by atoms with van der Waals surface area (Å²) in [5, 5.41) is 1.07. The fourth-order valence-corrected chi connectivity index (χ4v) is 9.01. The third-order valence-electron chi connectivity index (χ3n) is 9.57. The van der Waals surface area contributed by atoms with Gasteiger partial charge in [-0.25, -0.2) is 13.4 Å². The highest BCUT2D eigenvalue weighted by Gasteiger charge is 2.47. The lowest BCUT2D eigenvalue weighted by atomic mass is 9.89. The number of sulfonamides is 1. The van der Waals surface area contributed by atoms with Gasteiger partial charge in [0.2, 0.25) is 21.8 Å². The molecule has 294 valence electrons. The number of pyridine rings is 1. The number of hydrogen-bond donors (Lipinski definition) is 2. The molecule has 3 heterocycles. The van der Waals surface area contributed by atoms with Gasteiger partial charge < -0.3 is 41.9 Å². The first kappa shape index (κ1) is 44.9. The lowest BCUT2D eigenvalue weighted by Crippen LogP contribution is -3.00. The first-order chi connectivity index (χ1) is 24.0. The highest BCUT2D eigenvalue weighted by molar-refractivity contribution is 7.89. The van der Waals surface area contributed by atoms with E-state index in [1.54, 1.807) is 15.9 Å². The van der Waals surface area contributed by atoms with Gasteiger partial charge in [0.15, 0.2) is 0 Å². The van der Waals surface area contributed by atoms with Crippen LogP contribution in [-0.2, 0) is 31.0 Å². The molecule has 53 heavy (non-hydrogen) atoms. The van der Waals surface area contributed by atoms with Gasteiger partial charge in [-0.3, -0.25) is 9.59 Å². The van der Waals surface area contributed by atoms with Gasteiger partial charge in [0.05, 0.1) is 38.8 Å². The number of nitrogens with zero attached hydrogens (tertiary/aromatic N) is 4. The van der Waals surface area contributed by atoms with Crippen LogP contribution < -0.4 is 27.6 Å². The summed E-state index contributed by atoms with van der Waals surface area (Å²) >= 11 is 13.3. The van der Waals surface area contributed by atoms with Crippen LogP contribution in [0.5, 0.6) is 5.75 Å². The van der Waals surface area contributed by atoms with E-state index in [2.05, 4.69) is 30.8 Å². The summed E-state index contributed by atoms with van der Waals surface area (Å²) in [6, 6.07) is 9.78. The molecule has 3 aromatic rings. The number of ether oxygens (including phenoxy) is 2. The number of amides is 2. The monoisotopic (exact) mass is 834 g/mol. The van der Waals surface area contributed by atoms with Crippen molar-refractivity contribution in [2.45, 2.75) is 62.6 Å². The predicted octanol–water partition coefficient (Wildman–Crippen LogP) is 1.48. The summed E-state index contributed by atoms with van der Waals surface area (Å²) in [4.78, 5) is 35.0. The van der Waals surface area contributed by atoms with Gasteiger partial charge in [-0.05, 0) is 69.4 Å². The maximum Gasteiger partial charge on any atom is 0.244 e.